The molecule has 1 heterocycles. The van der Waals surface area contributed by atoms with Crippen molar-refractivity contribution in [2.24, 2.45) is 0 Å². The third-order valence-electron chi connectivity index (χ3n) is 2.40. The number of carbonyl (C=O) groups is 1. The van der Waals surface area contributed by atoms with Crippen LogP contribution in [0.3, 0.4) is 0 Å². The van der Waals surface area contributed by atoms with E-state index in [2.05, 4.69) is 10.5 Å². The molecule has 0 atom stereocenters. The number of likely N-dealkylation sites (N-methyl/N-ethyl adjacent to an activating group) is 1. The van der Waals surface area contributed by atoms with Crippen LogP contribution >= 0.6 is 0 Å². The molecule has 0 unspecified atom stereocenters. The molecule has 4 nitrogen and oxygen atoms in total. The number of hydrogen-bond donors (Lipinski definition) is 1. The molecule has 2 aromatic rings. The van der Waals surface area contributed by atoms with Crippen LogP contribution in [0.4, 0.5) is 0 Å². The van der Waals surface area contributed by atoms with Crippen molar-refractivity contribution in [2.45, 2.75) is 20.3 Å². The largest absolute Gasteiger partial charge is 0.356 e. The topological polar surface area (TPSA) is 55.1 Å². The summed E-state index contributed by atoms with van der Waals surface area (Å²) >= 11 is 0. The smallest absolute Gasteiger partial charge is 0.226 e. The molecule has 0 spiro atoms. The Bertz CT molecular complexity index is 517. The summed E-state index contributed by atoms with van der Waals surface area (Å²) in [7, 11) is 0. The average molecular weight is 218 g/mol. The highest BCUT2D eigenvalue weighted by atomic mass is 16.5. The number of nitrogens with zero attached hydrogens (tertiary/aromatic N) is 1. The summed E-state index contributed by atoms with van der Waals surface area (Å²) in [6.07, 6.45) is 0.268. The van der Waals surface area contributed by atoms with Crippen molar-refractivity contribution in [3.05, 3.63) is 29.5 Å². The van der Waals surface area contributed by atoms with E-state index in [1.165, 1.54) is 0 Å². The summed E-state index contributed by atoms with van der Waals surface area (Å²) in [6.45, 7) is 4.53. The van der Waals surface area contributed by atoms with Crippen LogP contribution in [0.15, 0.2) is 22.7 Å². The summed E-state index contributed by atoms with van der Waals surface area (Å²) in [5.74, 6) is -0.0285. The minimum Gasteiger partial charge on any atom is -0.356 e. The highest BCUT2D eigenvalue weighted by Crippen LogP contribution is 2.20. The van der Waals surface area contributed by atoms with Gasteiger partial charge in [-0.25, -0.2) is 0 Å². The summed E-state index contributed by atoms with van der Waals surface area (Å²) in [5.41, 5.74) is 2.56. The lowest BCUT2D eigenvalue weighted by Gasteiger charge is -1.99. The van der Waals surface area contributed by atoms with Crippen LogP contribution in [-0.4, -0.2) is 17.6 Å². The van der Waals surface area contributed by atoms with Gasteiger partial charge in [-0.2, -0.15) is 0 Å². The molecule has 1 amide bonds. The molecule has 0 fully saturated rings. The number of aromatic nitrogens is 1. The number of aryl methyl sites for hydroxylation is 1. The monoisotopic (exact) mass is 218 g/mol. The third-order valence-corrected chi connectivity index (χ3v) is 2.40. The van der Waals surface area contributed by atoms with Crippen LogP contribution in [-0.2, 0) is 11.2 Å². The van der Waals surface area contributed by atoms with Gasteiger partial charge in [-0.05, 0) is 26.0 Å². The van der Waals surface area contributed by atoms with Crippen LogP contribution in [0.5, 0.6) is 0 Å². The van der Waals surface area contributed by atoms with Crippen molar-refractivity contribution in [3.8, 4) is 0 Å². The molecule has 16 heavy (non-hydrogen) atoms. The number of carbonyl (C=O) groups excluding carboxylic acids is 1. The van der Waals surface area contributed by atoms with Crippen LogP contribution in [0, 0.1) is 6.92 Å². The quantitative estimate of drug-likeness (QED) is 0.854. The van der Waals surface area contributed by atoms with E-state index in [-0.39, 0.29) is 12.3 Å². The van der Waals surface area contributed by atoms with Gasteiger partial charge in [0, 0.05) is 11.9 Å². The first-order chi connectivity index (χ1) is 7.70. The number of benzene rings is 1. The Balaban J connectivity index is 2.30. The van der Waals surface area contributed by atoms with Gasteiger partial charge in [0.1, 0.15) is 5.69 Å². The zero-order valence-corrected chi connectivity index (χ0v) is 9.41. The van der Waals surface area contributed by atoms with Crippen molar-refractivity contribution in [1.82, 2.24) is 10.5 Å². The van der Waals surface area contributed by atoms with Gasteiger partial charge in [0.2, 0.25) is 5.91 Å². The first kappa shape index (κ1) is 10.7. The highest BCUT2D eigenvalue weighted by Gasteiger charge is 2.11. The predicted molar refractivity (Wildman–Crippen MR) is 61.1 cm³/mol. The molecule has 0 aliphatic carbocycles. The van der Waals surface area contributed by atoms with E-state index in [0.29, 0.717) is 12.2 Å². The van der Waals surface area contributed by atoms with Gasteiger partial charge in [-0.3, -0.25) is 4.79 Å². The van der Waals surface area contributed by atoms with Gasteiger partial charge >= 0.3 is 0 Å². The molecule has 84 valence electrons. The molecular formula is C12H14N2O2. The molecule has 0 radical (unpaired) electrons. The molecule has 0 saturated heterocycles. The van der Waals surface area contributed by atoms with Gasteiger partial charge in [-0.15, -0.1) is 0 Å². The van der Waals surface area contributed by atoms with E-state index in [9.17, 15) is 4.79 Å². The summed E-state index contributed by atoms with van der Waals surface area (Å²) in [6, 6.07) is 5.82. The SMILES string of the molecule is CCNC(=O)Cc1noc2ccc(C)cc12. The molecule has 1 aromatic carbocycles. The standard InChI is InChI=1S/C12H14N2O2/c1-3-13-12(15)7-10-9-6-8(2)4-5-11(9)16-14-10/h4-6H,3,7H2,1-2H3,(H,13,15). The van der Waals surface area contributed by atoms with Crippen molar-refractivity contribution >= 4 is 16.9 Å². The highest BCUT2D eigenvalue weighted by molar-refractivity contribution is 5.86. The molecule has 2 rings (SSSR count). The fourth-order valence-electron chi connectivity index (χ4n) is 1.64. The molecule has 0 bridgehead atoms. The first-order valence-corrected chi connectivity index (χ1v) is 5.32. The zero-order chi connectivity index (χ0) is 11.5. The fraction of sp³-hybridized carbons (Fsp3) is 0.333. The molecule has 0 aliphatic heterocycles. The van der Waals surface area contributed by atoms with E-state index in [4.69, 9.17) is 4.52 Å². The molecule has 4 heteroatoms. The Hall–Kier alpha value is -1.84. The van der Waals surface area contributed by atoms with Crippen LogP contribution in [0.1, 0.15) is 18.2 Å². The van der Waals surface area contributed by atoms with Gasteiger partial charge in [0.05, 0.1) is 6.42 Å². The Morgan fingerprint density at radius 2 is 2.31 bits per heavy atom. The minimum absolute atomic E-state index is 0.0285. The molecule has 0 aliphatic rings. The van der Waals surface area contributed by atoms with Crippen molar-refractivity contribution in [3.63, 3.8) is 0 Å². The van der Waals surface area contributed by atoms with Crippen LogP contribution in [0.2, 0.25) is 0 Å². The Morgan fingerprint density at radius 1 is 1.50 bits per heavy atom. The van der Waals surface area contributed by atoms with E-state index in [0.717, 1.165) is 16.5 Å². The van der Waals surface area contributed by atoms with E-state index in [1.54, 1.807) is 0 Å². The van der Waals surface area contributed by atoms with Gasteiger partial charge in [-0.1, -0.05) is 16.8 Å². The first-order valence-electron chi connectivity index (χ1n) is 5.32. The lowest BCUT2D eigenvalue weighted by Crippen LogP contribution is -2.24. The van der Waals surface area contributed by atoms with E-state index >= 15 is 0 Å². The van der Waals surface area contributed by atoms with Crippen LogP contribution < -0.4 is 5.32 Å². The van der Waals surface area contributed by atoms with Gasteiger partial charge in [0.15, 0.2) is 5.58 Å². The maximum atomic E-state index is 11.4. The lowest BCUT2D eigenvalue weighted by molar-refractivity contribution is -0.120. The van der Waals surface area contributed by atoms with Crippen molar-refractivity contribution in [1.29, 1.82) is 0 Å². The van der Waals surface area contributed by atoms with Crippen molar-refractivity contribution < 1.29 is 9.32 Å². The molecule has 1 aromatic heterocycles. The normalized spacial score (nSPS) is 10.6. The number of rotatable bonds is 3. The molecular weight excluding hydrogens is 204 g/mol. The van der Waals surface area contributed by atoms with Crippen LogP contribution in [0.25, 0.3) is 11.0 Å². The zero-order valence-electron chi connectivity index (χ0n) is 9.41. The number of hydrogen-bond acceptors (Lipinski definition) is 3. The number of nitrogens with one attached hydrogen (secondary N) is 1. The summed E-state index contributed by atoms with van der Waals surface area (Å²) in [5, 5.41) is 7.59. The molecule has 1 N–H and O–H groups in total. The van der Waals surface area contributed by atoms with Crippen molar-refractivity contribution in [2.75, 3.05) is 6.54 Å². The van der Waals surface area contributed by atoms with E-state index in [1.807, 2.05) is 32.0 Å². The van der Waals surface area contributed by atoms with Gasteiger partial charge < -0.3 is 9.84 Å². The lowest BCUT2D eigenvalue weighted by atomic mass is 10.1. The number of amides is 1. The Labute approximate surface area is 93.6 Å². The maximum absolute atomic E-state index is 11.4. The second-order valence-corrected chi connectivity index (χ2v) is 3.76. The Morgan fingerprint density at radius 3 is 3.06 bits per heavy atom. The predicted octanol–water partition coefficient (Wildman–Crippen LogP) is 1.81. The average Bonchev–Trinajstić information content (AvgIpc) is 2.61. The summed E-state index contributed by atoms with van der Waals surface area (Å²) in [4.78, 5) is 11.4. The second-order valence-electron chi connectivity index (χ2n) is 3.76. The van der Waals surface area contributed by atoms with Gasteiger partial charge in [0.25, 0.3) is 0 Å². The fourth-order valence-corrected chi connectivity index (χ4v) is 1.64. The second kappa shape index (κ2) is 4.35. The number of fused-ring (bicyclic) bond motifs is 1. The van der Waals surface area contributed by atoms with E-state index < -0.39 is 0 Å². The Kier molecular flexibility index (Phi) is 2.90. The molecule has 0 saturated carbocycles. The summed E-state index contributed by atoms with van der Waals surface area (Å²) < 4.78 is 5.15. The third kappa shape index (κ3) is 2.05. The minimum atomic E-state index is -0.0285. The maximum Gasteiger partial charge on any atom is 0.226 e.